The monoisotopic (exact) mass is 332 g/mol. The summed E-state index contributed by atoms with van der Waals surface area (Å²) in [6.07, 6.45) is -14.1. The van der Waals surface area contributed by atoms with Gasteiger partial charge in [-0.3, -0.25) is 0 Å². The molecule has 1 N–H and O–H groups in total. The van der Waals surface area contributed by atoms with Crippen LogP contribution in [0, 0.1) is 0 Å². The third-order valence-electron chi connectivity index (χ3n) is 3.44. The summed E-state index contributed by atoms with van der Waals surface area (Å²) in [7, 11) is 0. The van der Waals surface area contributed by atoms with Crippen LogP contribution in [0.2, 0.25) is 0 Å². The molecule has 1 unspecified atom stereocenters. The summed E-state index contributed by atoms with van der Waals surface area (Å²) in [6.45, 7) is 2.45. The quantitative estimate of drug-likeness (QED) is 0.794. The Morgan fingerprint density at radius 1 is 0.955 bits per heavy atom. The van der Waals surface area contributed by atoms with E-state index in [1.54, 1.807) is 13.0 Å². The van der Waals surface area contributed by atoms with E-state index in [1.807, 2.05) is 0 Å². The molecule has 0 aromatic heterocycles. The minimum absolute atomic E-state index is 0.206. The molecule has 1 rings (SSSR count). The Kier molecular flexibility index (Phi) is 4.87. The molecule has 0 saturated heterocycles. The van der Waals surface area contributed by atoms with Gasteiger partial charge in [0.15, 0.2) is 0 Å². The molecule has 0 spiro atoms. The van der Waals surface area contributed by atoms with Crippen molar-refractivity contribution in [3.8, 4) is 0 Å². The Morgan fingerprint density at radius 3 is 1.86 bits per heavy atom. The van der Waals surface area contributed by atoms with Crippen LogP contribution in [0.25, 0.3) is 0 Å². The Labute approximate surface area is 122 Å². The zero-order chi connectivity index (χ0) is 17.4. The van der Waals surface area contributed by atoms with Gasteiger partial charge in [0.2, 0.25) is 0 Å². The summed E-state index contributed by atoms with van der Waals surface area (Å²) >= 11 is 0. The molecule has 1 aromatic carbocycles. The lowest BCUT2D eigenvalue weighted by molar-refractivity contribution is -0.352. The second-order valence-corrected chi connectivity index (χ2v) is 5.30. The maximum atomic E-state index is 13.8. The molecule has 1 atom stereocenters. The Balaban J connectivity index is 3.27. The fraction of sp³-hybridized carbons (Fsp3) is 0.571. The molecule has 0 heterocycles. The van der Waals surface area contributed by atoms with E-state index < -0.39 is 30.0 Å². The highest BCUT2D eigenvalue weighted by Crippen LogP contribution is 2.51. The lowest BCUT2D eigenvalue weighted by atomic mass is 9.83. The Hall–Kier alpha value is -1.31. The molecule has 0 aliphatic heterocycles. The minimum atomic E-state index is -6.18. The van der Waals surface area contributed by atoms with Crippen LogP contribution in [0.4, 0.5) is 30.7 Å². The Bertz CT molecular complexity index is 503. The minimum Gasteiger partial charge on any atom is -0.385 e. The van der Waals surface area contributed by atoms with E-state index >= 15 is 0 Å². The number of alkyl halides is 7. The maximum Gasteiger partial charge on any atom is 0.431 e. The van der Waals surface area contributed by atoms with Crippen molar-refractivity contribution < 1.29 is 35.8 Å². The van der Waals surface area contributed by atoms with Gasteiger partial charge in [-0.05, 0) is 24.5 Å². The first-order valence-corrected chi connectivity index (χ1v) is 6.39. The van der Waals surface area contributed by atoms with Crippen LogP contribution in [-0.2, 0) is 12.0 Å². The van der Waals surface area contributed by atoms with E-state index in [0.717, 1.165) is 13.0 Å². The SMILES string of the molecule is CCc1cccc(C(C)(O)CC(F)(C(F)(F)F)C(F)(F)F)c1. The van der Waals surface area contributed by atoms with E-state index in [0.29, 0.717) is 12.0 Å². The van der Waals surface area contributed by atoms with Crippen LogP contribution in [0.3, 0.4) is 0 Å². The number of benzene rings is 1. The zero-order valence-electron chi connectivity index (χ0n) is 11.8. The highest BCUT2D eigenvalue weighted by atomic mass is 19.4. The van der Waals surface area contributed by atoms with E-state index in [4.69, 9.17) is 0 Å². The summed E-state index contributed by atoms with van der Waals surface area (Å²) in [5.74, 6) is 0. The highest BCUT2D eigenvalue weighted by molar-refractivity contribution is 5.28. The number of aliphatic hydroxyl groups is 1. The summed E-state index contributed by atoms with van der Waals surface area (Å²) in [5.41, 5.74) is -7.74. The lowest BCUT2D eigenvalue weighted by Gasteiger charge is -2.36. The molecule has 1 nitrogen and oxygen atoms in total. The highest BCUT2D eigenvalue weighted by Gasteiger charge is 2.73. The molecule has 0 saturated carbocycles. The van der Waals surface area contributed by atoms with Gasteiger partial charge < -0.3 is 5.11 Å². The molecule has 126 valence electrons. The van der Waals surface area contributed by atoms with Gasteiger partial charge >= 0.3 is 18.0 Å². The van der Waals surface area contributed by atoms with Gasteiger partial charge in [-0.25, -0.2) is 4.39 Å². The van der Waals surface area contributed by atoms with E-state index in [1.165, 1.54) is 12.1 Å². The fourth-order valence-corrected chi connectivity index (χ4v) is 2.06. The summed E-state index contributed by atoms with van der Waals surface area (Å²) in [5, 5.41) is 10.0. The van der Waals surface area contributed by atoms with Gasteiger partial charge in [0, 0.05) is 6.42 Å². The third kappa shape index (κ3) is 3.53. The third-order valence-corrected chi connectivity index (χ3v) is 3.44. The molecule has 0 radical (unpaired) electrons. The van der Waals surface area contributed by atoms with Crippen molar-refractivity contribution in [2.75, 3.05) is 0 Å². The maximum absolute atomic E-state index is 13.8. The molecule has 0 amide bonds. The number of rotatable bonds is 4. The molecule has 0 fully saturated rings. The molecular weight excluding hydrogens is 317 g/mol. The molecule has 8 heteroatoms. The summed E-state index contributed by atoms with van der Waals surface area (Å²) in [4.78, 5) is 0. The van der Waals surface area contributed by atoms with Gasteiger partial charge in [-0.15, -0.1) is 0 Å². The van der Waals surface area contributed by atoms with Crippen molar-refractivity contribution in [1.29, 1.82) is 0 Å². The normalized spacial score (nSPS) is 16.5. The Morgan fingerprint density at radius 2 is 1.45 bits per heavy atom. The number of halogens is 7. The van der Waals surface area contributed by atoms with Crippen molar-refractivity contribution in [1.82, 2.24) is 0 Å². The predicted molar refractivity (Wildman–Crippen MR) is 66.0 cm³/mol. The smallest absolute Gasteiger partial charge is 0.385 e. The van der Waals surface area contributed by atoms with Crippen molar-refractivity contribution in [2.24, 2.45) is 0 Å². The van der Waals surface area contributed by atoms with E-state index in [-0.39, 0.29) is 5.56 Å². The summed E-state index contributed by atoms with van der Waals surface area (Å²) < 4.78 is 89.3. The number of hydrogen-bond donors (Lipinski definition) is 1. The fourth-order valence-electron chi connectivity index (χ4n) is 2.06. The molecular formula is C14H15F7O. The molecule has 22 heavy (non-hydrogen) atoms. The summed E-state index contributed by atoms with van der Waals surface area (Å²) in [6, 6.07) is 5.39. The van der Waals surface area contributed by atoms with Crippen molar-refractivity contribution in [3.63, 3.8) is 0 Å². The molecule has 1 aromatic rings. The van der Waals surface area contributed by atoms with Gasteiger partial charge in [0.05, 0.1) is 5.60 Å². The zero-order valence-corrected chi connectivity index (χ0v) is 11.8. The van der Waals surface area contributed by atoms with Gasteiger partial charge in [0.25, 0.3) is 0 Å². The van der Waals surface area contributed by atoms with Crippen LogP contribution >= 0.6 is 0 Å². The molecule has 0 bridgehead atoms. The van der Waals surface area contributed by atoms with Crippen LogP contribution in [0.15, 0.2) is 24.3 Å². The van der Waals surface area contributed by atoms with Gasteiger partial charge in [0.1, 0.15) is 0 Å². The van der Waals surface area contributed by atoms with Crippen molar-refractivity contribution in [2.45, 2.75) is 50.3 Å². The van der Waals surface area contributed by atoms with Crippen molar-refractivity contribution >= 4 is 0 Å². The van der Waals surface area contributed by atoms with Crippen LogP contribution < -0.4 is 0 Å². The van der Waals surface area contributed by atoms with Gasteiger partial charge in [-0.2, -0.15) is 26.3 Å². The van der Waals surface area contributed by atoms with Crippen LogP contribution in [0.5, 0.6) is 0 Å². The first-order chi connectivity index (χ1) is 9.74. The standard InChI is InChI=1S/C14H15F7O/c1-3-9-5-4-6-10(7-9)11(2,22)8-12(15,13(16,17)18)14(19,20)21/h4-7,22H,3,8H2,1-2H3. The second-order valence-electron chi connectivity index (χ2n) is 5.30. The van der Waals surface area contributed by atoms with E-state index in [2.05, 4.69) is 0 Å². The topological polar surface area (TPSA) is 20.2 Å². The van der Waals surface area contributed by atoms with E-state index in [9.17, 15) is 35.8 Å². The van der Waals surface area contributed by atoms with Crippen LogP contribution in [-0.4, -0.2) is 23.1 Å². The molecule has 0 aliphatic rings. The first kappa shape index (κ1) is 18.7. The van der Waals surface area contributed by atoms with Crippen molar-refractivity contribution in [3.05, 3.63) is 35.4 Å². The number of aryl methyl sites for hydroxylation is 1. The van der Waals surface area contributed by atoms with Crippen LogP contribution in [0.1, 0.15) is 31.4 Å². The predicted octanol–water partition coefficient (Wildman–Crippen LogP) is 4.68. The second kappa shape index (κ2) is 5.72. The largest absolute Gasteiger partial charge is 0.431 e. The molecule has 0 aliphatic carbocycles. The average Bonchev–Trinajstić information content (AvgIpc) is 2.35. The van der Waals surface area contributed by atoms with Gasteiger partial charge in [-0.1, -0.05) is 31.2 Å². The lowest BCUT2D eigenvalue weighted by Crippen LogP contribution is -2.56. The average molecular weight is 332 g/mol. The number of hydrogen-bond acceptors (Lipinski definition) is 1. The first-order valence-electron chi connectivity index (χ1n) is 6.39.